The normalized spacial score (nSPS) is 17.0. The van der Waals surface area contributed by atoms with Crippen molar-refractivity contribution in [3.63, 3.8) is 0 Å². The van der Waals surface area contributed by atoms with E-state index in [0.29, 0.717) is 6.54 Å². The summed E-state index contributed by atoms with van der Waals surface area (Å²) in [7, 11) is 4.08. The number of hydrogen-bond donors (Lipinski definition) is 2. The number of fused-ring (bicyclic) bond motifs is 2. The predicted molar refractivity (Wildman–Crippen MR) is 136 cm³/mol. The molecule has 10 heteroatoms. The first-order valence-corrected chi connectivity index (χ1v) is 13.1. The predicted octanol–water partition coefficient (Wildman–Crippen LogP) is 3.51. The fourth-order valence-corrected chi connectivity index (χ4v) is 6.48. The van der Waals surface area contributed by atoms with Gasteiger partial charge in [0.2, 0.25) is 5.91 Å². The first-order chi connectivity index (χ1) is 15.6. The van der Waals surface area contributed by atoms with Gasteiger partial charge in [0, 0.05) is 40.3 Å². The minimum Gasteiger partial charge on any atom is -0.374 e. The van der Waals surface area contributed by atoms with E-state index in [1.54, 1.807) is 22.7 Å². The number of carbonyl (C=O) groups excluding carboxylic acids is 1. The summed E-state index contributed by atoms with van der Waals surface area (Å²) in [6, 6.07) is 2.19. The molecule has 0 atom stereocenters. The summed E-state index contributed by atoms with van der Waals surface area (Å²) in [5.74, 6) is 0.155. The van der Waals surface area contributed by atoms with E-state index in [4.69, 9.17) is 9.97 Å². The first kappa shape index (κ1) is 21.7. The Balaban J connectivity index is 1.33. The summed E-state index contributed by atoms with van der Waals surface area (Å²) < 4.78 is 2.28. The Morgan fingerprint density at radius 3 is 2.19 bits per heavy atom. The van der Waals surface area contributed by atoms with Crippen molar-refractivity contribution in [1.82, 2.24) is 19.8 Å². The van der Waals surface area contributed by atoms with Crippen LogP contribution in [0.4, 0.5) is 16.0 Å². The first-order valence-electron chi connectivity index (χ1n) is 11.5. The lowest BCUT2D eigenvalue weighted by Crippen LogP contribution is -2.32. The molecule has 2 fully saturated rings. The molecule has 0 unspecified atom stereocenters. The Bertz CT molecular complexity index is 1100. The van der Waals surface area contributed by atoms with Crippen LogP contribution < -0.4 is 15.5 Å². The summed E-state index contributed by atoms with van der Waals surface area (Å²) in [5.41, 5.74) is 2.97. The van der Waals surface area contributed by atoms with E-state index < -0.39 is 0 Å². The third-order valence-corrected chi connectivity index (χ3v) is 8.14. The van der Waals surface area contributed by atoms with Crippen LogP contribution in [0.3, 0.4) is 0 Å². The molecule has 2 N–H and O–H groups in total. The second-order valence-corrected chi connectivity index (χ2v) is 10.8. The largest absolute Gasteiger partial charge is 0.374 e. The SMILES string of the molecule is CN(C)c1c2nc(NCCN3CCCC3)sc2cc2sc(NCC(=O)N3CCCC3)nc12. The molecule has 4 heterocycles. The standard InChI is InChI=1S/C22H31N7OS2/c1-27(2)20-18-15(31-21(25-18)23-7-12-28-8-3-4-9-28)13-16-19(20)26-22(32-16)24-14-17(30)29-10-5-6-11-29/h13H,3-12,14H2,1-2H3,(H,23,25)(H,24,26). The molecule has 0 bridgehead atoms. The number of carbonyl (C=O) groups is 1. The number of nitrogens with zero attached hydrogens (tertiary/aromatic N) is 5. The topological polar surface area (TPSA) is 76.6 Å². The molecule has 2 aromatic heterocycles. The van der Waals surface area contributed by atoms with E-state index >= 15 is 0 Å². The smallest absolute Gasteiger partial charge is 0.241 e. The highest BCUT2D eigenvalue weighted by atomic mass is 32.1. The van der Waals surface area contributed by atoms with Crippen LogP contribution in [0.2, 0.25) is 0 Å². The zero-order valence-electron chi connectivity index (χ0n) is 18.8. The zero-order valence-corrected chi connectivity index (χ0v) is 20.4. The van der Waals surface area contributed by atoms with Gasteiger partial charge in [-0.15, -0.1) is 0 Å². The molecular weight excluding hydrogens is 442 g/mol. The lowest BCUT2D eigenvalue weighted by molar-refractivity contribution is -0.128. The van der Waals surface area contributed by atoms with E-state index in [9.17, 15) is 4.79 Å². The van der Waals surface area contributed by atoms with Crippen molar-refractivity contribution < 1.29 is 4.79 Å². The highest BCUT2D eigenvalue weighted by Gasteiger charge is 2.20. The average molecular weight is 474 g/mol. The maximum absolute atomic E-state index is 12.4. The summed E-state index contributed by atoms with van der Waals surface area (Å²) in [6.07, 6.45) is 4.86. The fourth-order valence-electron chi connectivity index (χ4n) is 4.56. The summed E-state index contributed by atoms with van der Waals surface area (Å²) in [4.78, 5) is 28.7. The second-order valence-electron chi connectivity index (χ2n) is 8.77. The quantitative estimate of drug-likeness (QED) is 0.518. The number of hydrogen-bond acceptors (Lipinski definition) is 9. The molecule has 0 radical (unpaired) electrons. The van der Waals surface area contributed by atoms with Gasteiger partial charge in [-0.2, -0.15) is 0 Å². The van der Waals surface area contributed by atoms with Crippen LogP contribution in [0, 0.1) is 0 Å². The number of thiazole rings is 2. The zero-order chi connectivity index (χ0) is 22.1. The van der Waals surface area contributed by atoms with Crippen molar-refractivity contribution in [2.75, 3.05) is 75.4 Å². The molecule has 0 spiro atoms. The number of nitrogens with one attached hydrogen (secondary N) is 2. The van der Waals surface area contributed by atoms with Crippen molar-refractivity contribution in [1.29, 1.82) is 0 Å². The Morgan fingerprint density at radius 2 is 1.56 bits per heavy atom. The Morgan fingerprint density at radius 1 is 0.969 bits per heavy atom. The van der Waals surface area contributed by atoms with E-state index in [1.807, 2.05) is 19.0 Å². The molecule has 172 valence electrons. The molecule has 0 saturated carbocycles. The Kier molecular flexibility index (Phi) is 6.34. The summed E-state index contributed by atoms with van der Waals surface area (Å²) >= 11 is 3.31. The van der Waals surface area contributed by atoms with E-state index in [-0.39, 0.29) is 5.91 Å². The fraction of sp³-hybridized carbons (Fsp3) is 0.591. The lowest BCUT2D eigenvalue weighted by atomic mass is 10.2. The van der Waals surface area contributed by atoms with Crippen LogP contribution in [-0.2, 0) is 4.79 Å². The summed E-state index contributed by atoms with van der Waals surface area (Å²) in [5, 5.41) is 8.53. The molecule has 3 aromatic rings. The van der Waals surface area contributed by atoms with Gasteiger partial charge in [-0.25, -0.2) is 9.97 Å². The van der Waals surface area contributed by atoms with Gasteiger partial charge in [0.25, 0.3) is 0 Å². The molecule has 1 amide bonds. The number of benzene rings is 1. The van der Waals surface area contributed by atoms with Crippen LogP contribution in [0.1, 0.15) is 25.7 Å². The third-order valence-electron chi connectivity index (χ3n) is 6.22. The second kappa shape index (κ2) is 9.36. The monoisotopic (exact) mass is 473 g/mol. The number of rotatable bonds is 8. The van der Waals surface area contributed by atoms with Crippen LogP contribution >= 0.6 is 22.7 Å². The van der Waals surface area contributed by atoms with E-state index in [0.717, 1.165) is 75.4 Å². The van der Waals surface area contributed by atoms with Crippen molar-refractivity contribution in [2.45, 2.75) is 25.7 Å². The molecule has 8 nitrogen and oxygen atoms in total. The van der Waals surface area contributed by atoms with E-state index in [2.05, 4.69) is 26.5 Å². The molecule has 5 rings (SSSR count). The van der Waals surface area contributed by atoms with Gasteiger partial charge in [0.1, 0.15) is 11.0 Å². The Hall–Kier alpha value is -2.17. The summed E-state index contributed by atoms with van der Waals surface area (Å²) in [6.45, 7) is 6.47. The van der Waals surface area contributed by atoms with Crippen LogP contribution in [0.25, 0.3) is 20.4 Å². The maximum Gasteiger partial charge on any atom is 0.241 e. The number of likely N-dealkylation sites (tertiary alicyclic amines) is 2. The van der Waals surface area contributed by atoms with E-state index in [1.165, 1.54) is 25.9 Å². The molecular formula is C22H31N7OS2. The number of amides is 1. The van der Waals surface area contributed by atoms with Gasteiger partial charge in [-0.1, -0.05) is 22.7 Å². The van der Waals surface area contributed by atoms with Gasteiger partial charge >= 0.3 is 0 Å². The van der Waals surface area contributed by atoms with Crippen LogP contribution in [-0.4, -0.2) is 85.6 Å². The highest BCUT2D eigenvalue weighted by molar-refractivity contribution is 7.24. The van der Waals surface area contributed by atoms with Gasteiger partial charge in [0.05, 0.1) is 21.6 Å². The third kappa shape index (κ3) is 4.49. The van der Waals surface area contributed by atoms with Gasteiger partial charge in [0.15, 0.2) is 10.3 Å². The minimum atomic E-state index is 0.155. The van der Waals surface area contributed by atoms with Crippen LogP contribution in [0.15, 0.2) is 6.07 Å². The highest BCUT2D eigenvalue weighted by Crippen LogP contribution is 2.41. The molecule has 0 aliphatic carbocycles. The number of anilines is 3. The number of aromatic nitrogens is 2. The van der Waals surface area contributed by atoms with Crippen LogP contribution in [0.5, 0.6) is 0 Å². The van der Waals surface area contributed by atoms with Crippen molar-refractivity contribution in [2.24, 2.45) is 0 Å². The molecule has 2 aliphatic heterocycles. The average Bonchev–Trinajstić information content (AvgIpc) is 3.56. The van der Waals surface area contributed by atoms with Gasteiger partial charge in [-0.05, 0) is 44.8 Å². The lowest BCUT2D eigenvalue weighted by Gasteiger charge is -2.15. The molecule has 32 heavy (non-hydrogen) atoms. The minimum absolute atomic E-state index is 0.155. The Labute approximate surface area is 196 Å². The maximum atomic E-state index is 12.4. The van der Waals surface area contributed by atoms with Crippen molar-refractivity contribution in [3.05, 3.63) is 6.07 Å². The van der Waals surface area contributed by atoms with Gasteiger partial charge < -0.3 is 25.3 Å². The van der Waals surface area contributed by atoms with Crippen molar-refractivity contribution >= 4 is 65.0 Å². The van der Waals surface area contributed by atoms with Gasteiger partial charge in [-0.3, -0.25) is 4.79 Å². The van der Waals surface area contributed by atoms with Crippen molar-refractivity contribution in [3.8, 4) is 0 Å². The molecule has 1 aromatic carbocycles. The molecule has 2 saturated heterocycles. The molecule has 2 aliphatic rings.